The quantitative estimate of drug-likeness (QED) is 0.508. The van der Waals surface area contributed by atoms with Gasteiger partial charge in [0.15, 0.2) is 0 Å². The molecule has 0 unspecified atom stereocenters. The molecule has 0 radical (unpaired) electrons. The molecule has 1 aliphatic rings. The molecular weight excluding hydrogens is 435 g/mol. The van der Waals surface area contributed by atoms with E-state index in [1.807, 2.05) is 6.07 Å². The first-order valence-corrected chi connectivity index (χ1v) is 12.2. The number of primary amides is 1. The first-order chi connectivity index (χ1) is 15.2. The van der Waals surface area contributed by atoms with Crippen molar-refractivity contribution >= 4 is 26.9 Å². The number of benzene rings is 2. The SMILES string of the molecule is CS(=O)(=O)N(CCCO)Cc1cc2oc(-c3ccc(F)cc3)c(C(N)=O)c2cc1C1CC1. The number of fused-ring (bicyclic) bond motifs is 1. The molecule has 0 saturated heterocycles. The van der Waals surface area contributed by atoms with Gasteiger partial charge in [-0.15, -0.1) is 0 Å². The molecule has 4 rings (SSSR count). The number of hydrogen-bond donors (Lipinski definition) is 2. The van der Waals surface area contributed by atoms with Crippen LogP contribution in [-0.4, -0.2) is 43.1 Å². The number of amides is 1. The maximum absolute atomic E-state index is 13.4. The van der Waals surface area contributed by atoms with Crippen LogP contribution >= 0.6 is 0 Å². The average molecular weight is 461 g/mol. The number of aliphatic hydroxyl groups is 1. The van der Waals surface area contributed by atoms with E-state index in [0.29, 0.717) is 23.0 Å². The second-order valence-electron chi connectivity index (χ2n) is 8.17. The molecule has 0 bridgehead atoms. The summed E-state index contributed by atoms with van der Waals surface area (Å²) in [4.78, 5) is 12.3. The van der Waals surface area contributed by atoms with Crippen LogP contribution in [0.4, 0.5) is 4.39 Å². The third-order valence-electron chi connectivity index (χ3n) is 5.70. The molecule has 0 atom stereocenters. The monoisotopic (exact) mass is 460 g/mol. The lowest BCUT2D eigenvalue weighted by molar-refractivity contribution is 0.100. The van der Waals surface area contributed by atoms with Gasteiger partial charge in [0.2, 0.25) is 10.0 Å². The van der Waals surface area contributed by atoms with Gasteiger partial charge in [0.25, 0.3) is 5.91 Å². The molecule has 9 heteroatoms. The third kappa shape index (κ3) is 4.55. The Balaban J connectivity index is 1.85. The standard InChI is InChI=1S/C23H25FN2O5S/c1-32(29,30)26(9-2-10-27)13-16-11-20-19(12-18(16)14-3-4-14)21(23(25)28)22(31-20)15-5-7-17(24)8-6-15/h5-8,11-12,14,27H,2-4,9-10,13H2,1H3,(H2,25,28). The smallest absolute Gasteiger partial charge is 0.253 e. The number of halogens is 1. The molecule has 3 aromatic rings. The van der Waals surface area contributed by atoms with Crippen LogP contribution in [0, 0.1) is 5.82 Å². The minimum absolute atomic E-state index is 0.109. The van der Waals surface area contributed by atoms with Crippen molar-refractivity contribution in [3.05, 3.63) is 58.9 Å². The van der Waals surface area contributed by atoms with E-state index in [4.69, 9.17) is 15.3 Å². The molecule has 1 amide bonds. The molecule has 7 nitrogen and oxygen atoms in total. The summed E-state index contributed by atoms with van der Waals surface area (Å²) in [6, 6.07) is 9.22. The zero-order valence-corrected chi connectivity index (χ0v) is 18.5. The van der Waals surface area contributed by atoms with Gasteiger partial charge in [0.05, 0.1) is 11.8 Å². The van der Waals surface area contributed by atoms with Crippen LogP contribution in [0.25, 0.3) is 22.3 Å². The highest BCUT2D eigenvalue weighted by Crippen LogP contribution is 2.45. The van der Waals surface area contributed by atoms with Crippen LogP contribution in [0.2, 0.25) is 0 Å². The van der Waals surface area contributed by atoms with Crippen molar-refractivity contribution in [3.8, 4) is 11.3 Å². The molecule has 1 heterocycles. The second kappa shape index (κ2) is 8.65. The van der Waals surface area contributed by atoms with E-state index < -0.39 is 21.7 Å². The van der Waals surface area contributed by atoms with Gasteiger partial charge in [0.1, 0.15) is 17.2 Å². The zero-order chi connectivity index (χ0) is 23.0. The van der Waals surface area contributed by atoms with Gasteiger partial charge in [-0.25, -0.2) is 12.8 Å². The minimum atomic E-state index is -3.49. The van der Waals surface area contributed by atoms with Crippen molar-refractivity contribution in [3.63, 3.8) is 0 Å². The number of furan rings is 1. The summed E-state index contributed by atoms with van der Waals surface area (Å²) < 4.78 is 45.3. The summed E-state index contributed by atoms with van der Waals surface area (Å²) in [5, 5.41) is 9.71. The molecule has 1 fully saturated rings. The third-order valence-corrected chi connectivity index (χ3v) is 6.95. The summed E-state index contributed by atoms with van der Waals surface area (Å²) >= 11 is 0. The molecule has 1 aromatic heterocycles. The number of carbonyl (C=O) groups excluding carboxylic acids is 1. The Labute approximate surface area is 185 Å². The maximum Gasteiger partial charge on any atom is 0.253 e. The lowest BCUT2D eigenvalue weighted by Crippen LogP contribution is -2.31. The van der Waals surface area contributed by atoms with Gasteiger partial charge in [-0.2, -0.15) is 4.31 Å². The molecule has 1 aliphatic carbocycles. The van der Waals surface area contributed by atoms with Crippen LogP contribution in [-0.2, 0) is 16.6 Å². The Morgan fingerprint density at radius 1 is 1.25 bits per heavy atom. The van der Waals surface area contributed by atoms with E-state index in [1.165, 1.54) is 28.6 Å². The summed E-state index contributed by atoms with van der Waals surface area (Å²) in [6.45, 7) is 0.226. The van der Waals surface area contributed by atoms with Crippen LogP contribution in [0.5, 0.6) is 0 Å². The normalized spacial score (nSPS) is 14.4. The van der Waals surface area contributed by atoms with Crippen molar-refractivity contribution in [2.75, 3.05) is 19.4 Å². The van der Waals surface area contributed by atoms with Crippen LogP contribution < -0.4 is 5.73 Å². The number of hydrogen-bond acceptors (Lipinski definition) is 5. The van der Waals surface area contributed by atoms with Crippen molar-refractivity contribution in [1.82, 2.24) is 4.31 Å². The zero-order valence-electron chi connectivity index (χ0n) is 17.7. The van der Waals surface area contributed by atoms with Gasteiger partial charge >= 0.3 is 0 Å². The van der Waals surface area contributed by atoms with Crippen LogP contribution in [0.1, 0.15) is 46.7 Å². The van der Waals surface area contributed by atoms with E-state index >= 15 is 0 Å². The maximum atomic E-state index is 13.4. The molecule has 2 aromatic carbocycles. The molecule has 3 N–H and O–H groups in total. The number of rotatable bonds is 9. The highest BCUT2D eigenvalue weighted by Gasteiger charge is 2.30. The van der Waals surface area contributed by atoms with Gasteiger partial charge in [-0.3, -0.25) is 4.79 Å². The summed E-state index contributed by atoms with van der Waals surface area (Å²) in [5.74, 6) is -0.531. The fourth-order valence-corrected chi connectivity index (χ4v) is 4.80. The Hall–Kier alpha value is -2.75. The Morgan fingerprint density at radius 3 is 2.50 bits per heavy atom. The van der Waals surface area contributed by atoms with Crippen LogP contribution in [0.3, 0.4) is 0 Å². The molecule has 32 heavy (non-hydrogen) atoms. The van der Waals surface area contributed by atoms with Crippen molar-refractivity contribution in [2.24, 2.45) is 5.73 Å². The fourth-order valence-electron chi connectivity index (χ4n) is 3.96. The Kier molecular flexibility index (Phi) is 6.07. The number of nitrogens with zero attached hydrogens (tertiary/aromatic N) is 1. The summed E-state index contributed by atoms with van der Waals surface area (Å²) in [7, 11) is -3.49. The number of aliphatic hydroxyl groups excluding tert-OH is 1. The first-order valence-electron chi connectivity index (χ1n) is 10.4. The Bertz CT molecular complexity index is 1260. The predicted octanol–water partition coefficient (Wildman–Crippen LogP) is 3.36. The highest BCUT2D eigenvalue weighted by atomic mass is 32.2. The molecular formula is C23H25FN2O5S. The topological polar surface area (TPSA) is 114 Å². The number of carbonyl (C=O) groups is 1. The van der Waals surface area contributed by atoms with E-state index in [1.54, 1.807) is 6.07 Å². The van der Waals surface area contributed by atoms with E-state index in [2.05, 4.69) is 0 Å². The second-order valence-corrected chi connectivity index (χ2v) is 10.2. The van der Waals surface area contributed by atoms with Crippen LogP contribution in [0.15, 0.2) is 40.8 Å². The van der Waals surface area contributed by atoms with E-state index in [-0.39, 0.29) is 36.9 Å². The lowest BCUT2D eigenvalue weighted by atomic mass is 9.97. The van der Waals surface area contributed by atoms with Gasteiger partial charge in [-0.05, 0) is 72.7 Å². The predicted molar refractivity (Wildman–Crippen MR) is 119 cm³/mol. The number of nitrogens with two attached hydrogens (primary N) is 1. The largest absolute Gasteiger partial charge is 0.455 e. The van der Waals surface area contributed by atoms with Gasteiger partial charge < -0.3 is 15.3 Å². The summed E-state index contributed by atoms with van der Waals surface area (Å²) in [5.41, 5.74) is 8.59. The first kappa shape index (κ1) is 22.4. The van der Waals surface area contributed by atoms with Crippen molar-refractivity contribution < 1.29 is 27.1 Å². The van der Waals surface area contributed by atoms with E-state index in [9.17, 15) is 17.6 Å². The van der Waals surface area contributed by atoms with Gasteiger partial charge in [-0.1, -0.05) is 0 Å². The van der Waals surface area contributed by atoms with E-state index in [0.717, 1.165) is 30.2 Å². The lowest BCUT2D eigenvalue weighted by Gasteiger charge is -2.21. The molecule has 170 valence electrons. The Morgan fingerprint density at radius 2 is 1.94 bits per heavy atom. The average Bonchev–Trinajstić information content (AvgIpc) is 3.50. The van der Waals surface area contributed by atoms with Gasteiger partial charge in [0, 0.05) is 30.6 Å². The highest BCUT2D eigenvalue weighted by molar-refractivity contribution is 7.88. The van der Waals surface area contributed by atoms with Crippen molar-refractivity contribution in [1.29, 1.82) is 0 Å². The number of sulfonamides is 1. The fraction of sp³-hybridized carbons (Fsp3) is 0.348. The minimum Gasteiger partial charge on any atom is -0.455 e. The molecule has 0 spiro atoms. The molecule has 0 aliphatic heterocycles. The summed E-state index contributed by atoms with van der Waals surface area (Å²) in [6.07, 6.45) is 3.42. The molecule has 1 saturated carbocycles. The van der Waals surface area contributed by atoms with Crippen molar-refractivity contribution in [2.45, 2.75) is 31.7 Å².